The number of thioether (sulfide) groups is 1. The topological polar surface area (TPSA) is 77.5 Å². The first-order valence-corrected chi connectivity index (χ1v) is 9.35. The Bertz CT molecular complexity index is 846. The van der Waals surface area contributed by atoms with Crippen molar-refractivity contribution < 1.29 is 19.1 Å². The number of benzene rings is 1. The second kappa shape index (κ2) is 9.12. The predicted octanol–water partition coefficient (Wildman–Crippen LogP) is 4.22. The van der Waals surface area contributed by atoms with Crippen LogP contribution in [0.25, 0.3) is 0 Å². The van der Waals surface area contributed by atoms with Gasteiger partial charge in [0.1, 0.15) is 11.3 Å². The van der Waals surface area contributed by atoms with Crippen LogP contribution in [0.2, 0.25) is 10.0 Å². The van der Waals surface area contributed by atoms with Crippen molar-refractivity contribution >= 4 is 52.7 Å². The molecule has 26 heavy (non-hydrogen) atoms. The van der Waals surface area contributed by atoms with Crippen molar-refractivity contribution in [2.24, 2.45) is 0 Å². The molecular formula is C17H16Cl2N2O4S. The van der Waals surface area contributed by atoms with E-state index in [1.54, 1.807) is 25.1 Å². The number of nitrogens with one attached hydrogen (secondary N) is 1. The maximum Gasteiger partial charge on any atom is 0.342 e. The molecule has 9 heteroatoms. The number of hydrogen-bond acceptors (Lipinski definition) is 6. The summed E-state index contributed by atoms with van der Waals surface area (Å²) in [4.78, 5) is 29.2. The number of halogens is 2. The molecule has 138 valence electrons. The van der Waals surface area contributed by atoms with Gasteiger partial charge in [-0.1, -0.05) is 23.2 Å². The fourth-order valence-electron chi connectivity index (χ4n) is 1.99. The molecule has 0 aliphatic heterocycles. The molecule has 1 heterocycles. The van der Waals surface area contributed by atoms with Gasteiger partial charge in [0.25, 0.3) is 5.91 Å². The number of rotatable bonds is 6. The van der Waals surface area contributed by atoms with Gasteiger partial charge >= 0.3 is 5.97 Å². The summed E-state index contributed by atoms with van der Waals surface area (Å²) in [6, 6.07) is 6.56. The van der Waals surface area contributed by atoms with Gasteiger partial charge in [-0.3, -0.25) is 4.79 Å². The Labute approximate surface area is 165 Å². The third-order valence-corrected chi connectivity index (χ3v) is 4.72. The summed E-state index contributed by atoms with van der Waals surface area (Å²) in [6.07, 6.45) is 1.91. The highest BCUT2D eigenvalue weighted by molar-refractivity contribution is 7.98. The summed E-state index contributed by atoms with van der Waals surface area (Å²) in [5, 5.41) is 3.06. The Hall–Kier alpha value is -1.96. The number of carbonyl (C=O) groups is 2. The van der Waals surface area contributed by atoms with E-state index >= 15 is 0 Å². The number of aromatic nitrogens is 1. The molecule has 0 fully saturated rings. The maximum atomic E-state index is 12.2. The lowest BCUT2D eigenvalue weighted by molar-refractivity contribution is -0.119. The highest BCUT2D eigenvalue weighted by atomic mass is 35.5. The number of carbonyl (C=O) groups excluding carboxylic acids is 2. The largest absolute Gasteiger partial charge is 0.496 e. The molecule has 0 saturated heterocycles. The predicted molar refractivity (Wildman–Crippen MR) is 103 cm³/mol. The van der Waals surface area contributed by atoms with Crippen LogP contribution in [0.5, 0.6) is 5.75 Å². The molecule has 6 nitrogen and oxygen atoms in total. The van der Waals surface area contributed by atoms with Crippen molar-refractivity contribution in [2.75, 3.05) is 25.3 Å². The highest BCUT2D eigenvalue weighted by Gasteiger charge is 2.17. The molecule has 0 saturated carbocycles. The van der Waals surface area contributed by atoms with E-state index in [4.69, 9.17) is 32.7 Å². The number of aryl methyl sites for hydroxylation is 1. The van der Waals surface area contributed by atoms with Gasteiger partial charge < -0.3 is 14.8 Å². The third-order valence-electron chi connectivity index (χ3n) is 3.33. The van der Waals surface area contributed by atoms with Gasteiger partial charge in [-0.25, -0.2) is 9.78 Å². The van der Waals surface area contributed by atoms with Crippen molar-refractivity contribution in [1.82, 2.24) is 4.98 Å². The summed E-state index contributed by atoms with van der Waals surface area (Å²) >= 11 is 13.4. The number of ether oxygens (including phenoxy) is 2. The van der Waals surface area contributed by atoms with E-state index in [1.165, 1.54) is 24.9 Å². The fraction of sp³-hybridized carbons (Fsp3) is 0.235. The van der Waals surface area contributed by atoms with Crippen molar-refractivity contribution in [2.45, 2.75) is 11.8 Å². The van der Waals surface area contributed by atoms with Gasteiger partial charge in [-0.15, -0.1) is 11.8 Å². The van der Waals surface area contributed by atoms with E-state index in [0.29, 0.717) is 16.5 Å². The van der Waals surface area contributed by atoms with E-state index < -0.39 is 18.5 Å². The number of amides is 1. The molecule has 2 aromatic rings. The first-order valence-electron chi connectivity index (χ1n) is 7.37. The molecule has 0 aliphatic rings. The van der Waals surface area contributed by atoms with Crippen molar-refractivity contribution in [3.63, 3.8) is 0 Å². The average Bonchev–Trinajstić information content (AvgIpc) is 2.63. The summed E-state index contributed by atoms with van der Waals surface area (Å²) < 4.78 is 10.2. The third kappa shape index (κ3) is 5.03. The van der Waals surface area contributed by atoms with E-state index in [1.807, 2.05) is 6.26 Å². The molecule has 0 atom stereocenters. The monoisotopic (exact) mass is 414 g/mol. The second-order valence-electron chi connectivity index (χ2n) is 5.08. The molecule has 1 amide bonds. The van der Waals surface area contributed by atoms with Crippen LogP contribution >= 0.6 is 35.0 Å². The van der Waals surface area contributed by atoms with Gasteiger partial charge in [-0.2, -0.15) is 0 Å². The Morgan fingerprint density at radius 1 is 1.23 bits per heavy atom. The lowest BCUT2D eigenvalue weighted by atomic mass is 10.2. The average molecular weight is 415 g/mol. The van der Waals surface area contributed by atoms with Crippen LogP contribution in [0.4, 0.5) is 5.82 Å². The zero-order chi connectivity index (χ0) is 19.3. The number of pyridine rings is 1. The molecule has 0 radical (unpaired) electrons. The van der Waals surface area contributed by atoms with E-state index in [9.17, 15) is 9.59 Å². The Kier molecular flexibility index (Phi) is 7.14. The number of methoxy groups -OCH3 is 1. The quantitative estimate of drug-likeness (QED) is 0.562. The first-order chi connectivity index (χ1) is 12.3. The summed E-state index contributed by atoms with van der Waals surface area (Å²) in [6.45, 7) is 1.19. The number of esters is 1. The molecule has 1 aromatic heterocycles. The van der Waals surface area contributed by atoms with E-state index in [0.717, 1.165) is 4.90 Å². The van der Waals surface area contributed by atoms with Gasteiger partial charge in [-0.05, 0) is 37.4 Å². The Balaban J connectivity index is 2.01. The van der Waals surface area contributed by atoms with Crippen LogP contribution in [0.3, 0.4) is 0 Å². The lowest BCUT2D eigenvalue weighted by Crippen LogP contribution is -2.22. The Morgan fingerprint density at radius 2 is 1.96 bits per heavy atom. The van der Waals surface area contributed by atoms with Gasteiger partial charge in [0, 0.05) is 4.90 Å². The van der Waals surface area contributed by atoms with Crippen molar-refractivity contribution in [3.05, 3.63) is 45.6 Å². The van der Waals surface area contributed by atoms with Gasteiger partial charge in [0.05, 0.1) is 22.8 Å². The molecular weight excluding hydrogens is 399 g/mol. The molecule has 1 N–H and O–H groups in total. The molecule has 2 rings (SSSR count). The summed E-state index contributed by atoms with van der Waals surface area (Å²) in [5.74, 6) is -0.720. The zero-order valence-electron chi connectivity index (χ0n) is 14.3. The number of hydrogen-bond donors (Lipinski definition) is 1. The molecule has 0 bridgehead atoms. The van der Waals surface area contributed by atoms with Gasteiger partial charge in [0.2, 0.25) is 0 Å². The van der Waals surface area contributed by atoms with Crippen molar-refractivity contribution in [3.8, 4) is 5.75 Å². The SMILES string of the molecule is COc1cc(SC)ccc1C(=O)OCC(=O)Nc1nc(C)c(Cl)cc1Cl. The first kappa shape index (κ1) is 20.4. The zero-order valence-corrected chi connectivity index (χ0v) is 16.6. The van der Waals surface area contributed by atoms with E-state index in [-0.39, 0.29) is 16.4 Å². The van der Waals surface area contributed by atoms with Crippen LogP contribution in [-0.4, -0.2) is 36.8 Å². The van der Waals surface area contributed by atoms with Crippen LogP contribution in [0, 0.1) is 6.92 Å². The minimum absolute atomic E-state index is 0.150. The second-order valence-corrected chi connectivity index (χ2v) is 6.77. The molecule has 0 aliphatic carbocycles. The van der Waals surface area contributed by atoms with Crippen LogP contribution < -0.4 is 10.1 Å². The lowest BCUT2D eigenvalue weighted by Gasteiger charge is -2.11. The molecule has 1 aromatic carbocycles. The normalized spacial score (nSPS) is 10.3. The smallest absolute Gasteiger partial charge is 0.342 e. The van der Waals surface area contributed by atoms with E-state index in [2.05, 4.69) is 10.3 Å². The summed E-state index contributed by atoms with van der Waals surface area (Å²) in [7, 11) is 1.46. The highest BCUT2D eigenvalue weighted by Crippen LogP contribution is 2.27. The van der Waals surface area contributed by atoms with Crippen LogP contribution in [0.1, 0.15) is 16.1 Å². The molecule has 0 spiro atoms. The minimum atomic E-state index is -0.670. The Morgan fingerprint density at radius 3 is 2.62 bits per heavy atom. The maximum absolute atomic E-state index is 12.2. The number of nitrogens with zero attached hydrogens (tertiary/aromatic N) is 1. The molecule has 0 unspecified atom stereocenters. The minimum Gasteiger partial charge on any atom is -0.496 e. The number of anilines is 1. The van der Waals surface area contributed by atoms with Crippen molar-refractivity contribution in [1.29, 1.82) is 0 Å². The van der Waals surface area contributed by atoms with Crippen LogP contribution in [0.15, 0.2) is 29.2 Å². The fourth-order valence-corrected chi connectivity index (χ4v) is 2.83. The van der Waals surface area contributed by atoms with Crippen LogP contribution in [-0.2, 0) is 9.53 Å². The standard InChI is InChI=1S/C17H16Cl2N2O4S/c1-9-12(18)7-13(19)16(20-9)21-15(22)8-25-17(23)11-5-4-10(26-3)6-14(11)24-2/h4-7H,8H2,1-3H3,(H,20,21,22). The summed E-state index contributed by atoms with van der Waals surface area (Å²) in [5.41, 5.74) is 0.749. The van der Waals surface area contributed by atoms with Gasteiger partial charge in [0.15, 0.2) is 12.4 Å².